The fraction of sp³-hybridized carbons (Fsp3) is 0.500. The highest BCUT2D eigenvalue weighted by Crippen LogP contribution is 2.14. The minimum Gasteiger partial charge on any atom is -0.481 e. The largest absolute Gasteiger partial charge is 0.481 e. The zero-order valence-corrected chi connectivity index (χ0v) is 11.6. The van der Waals surface area contributed by atoms with Gasteiger partial charge in [-0.15, -0.1) is 0 Å². The van der Waals surface area contributed by atoms with E-state index in [-0.39, 0.29) is 11.7 Å². The standard InChI is InChI=1S/C14H21FN2O2/c1-4-13(14(18)16-9-10-17(2)3)19-12-7-5-11(15)6-8-12/h5-8,13H,4,9-10H2,1-3H3,(H,16,18)/t13-/m0/s1. The smallest absolute Gasteiger partial charge is 0.261 e. The molecule has 0 aliphatic heterocycles. The van der Waals surface area contributed by atoms with E-state index in [2.05, 4.69) is 5.32 Å². The van der Waals surface area contributed by atoms with Crippen LogP contribution in [0.5, 0.6) is 5.75 Å². The summed E-state index contributed by atoms with van der Waals surface area (Å²) in [6.45, 7) is 3.23. The fourth-order valence-corrected chi connectivity index (χ4v) is 1.52. The molecular formula is C14H21FN2O2. The van der Waals surface area contributed by atoms with Gasteiger partial charge in [-0.1, -0.05) is 6.92 Å². The van der Waals surface area contributed by atoms with E-state index in [0.717, 1.165) is 6.54 Å². The third kappa shape index (κ3) is 5.70. The molecule has 1 amide bonds. The maximum Gasteiger partial charge on any atom is 0.261 e. The molecule has 0 saturated carbocycles. The van der Waals surface area contributed by atoms with Gasteiger partial charge in [-0.2, -0.15) is 0 Å². The van der Waals surface area contributed by atoms with Gasteiger partial charge in [0, 0.05) is 13.1 Å². The summed E-state index contributed by atoms with van der Waals surface area (Å²) in [7, 11) is 3.89. The van der Waals surface area contributed by atoms with Crippen molar-refractivity contribution in [2.75, 3.05) is 27.2 Å². The van der Waals surface area contributed by atoms with Gasteiger partial charge in [-0.3, -0.25) is 4.79 Å². The number of amides is 1. The number of nitrogens with one attached hydrogen (secondary N) is 1. The molecule has 1 atom stereocenters. The summed E-state index contributed by atoms with van der Waals surface area (Å²) in [6.07, 6.45) is 0.0122. The average Bonchev–Trinajstić information content (AvgIpc) is 2.37. The molecule has 0 aliphatic rings. The molecule has 1 rings (SSSR count). The Kier molecular flexibility index (Phi) is 6.29. The Hall–Kier alpha value is -1.62. The number of carbonyl (C=O) groups is 1. The van der Waals surface area contributed by atoms with E-state index in [0.29, 0.717) is 18.7 Å². The van der Waals surface area contributed by atoms with Crippen LogP contribution < -0.4 is 10.1 Å². The average molecular weight is 268 g/mol. The van der Waals surface area contributed by atoms with E-state index in [4.69, 9.17) is 4.74 Å². The van der Waals surface area contributed by atoms with Gasteiger partial charge in [0.15, 0.2) is 6.10 Å². The number of ether oxygens (including phenoxy) is 1. The zero-order valence-electron chi connectivity index (χ0n) is 11.6. The minimum atomic E-state index is -0.548. The third-order valence-corrected chi connectivity index (χ3v) is 2.61. The van der Waals surface area contributed by atoms with Crippen molar-refractivity contribution in [2.45, 2.75) is 19.4 Å². The van der Waals surface area contributed by atoms with Crippen molar-refractivity contribution in [1.82, 2.24) is 10.2 Å². The van der Waals surface area contributed by atoms with Crippen molar-refractivity contribution in [3.8, 4) is 5.75 Å². The molecule has 5 heteroatoms. The molecule has 4 nitrogen and oxygen atoms in total. The molecule has 1 aromatic rings. The predicted molar refractivity (Wildman–Crippen MR) is 72.7 cm³/mol. The Morgan fingerprint density at radius 2 is 2.00 bits per heavy atom. The molecule has 0 radical (unpaired) electrons. The van der Waals surface area contributed by atoms with Crippen molar-refractivity contribution in [3.63, 3.8) is 0 Å². The van der Waals surface area contributed by atoms with Gasteiger partial charge in [-0.25, -0.2) is 4.39 Å². The van der Waals surface area contributed by atoms with Gasteiger partial charge in [-0.05, 0) is 44.8 Å². The van der Waals surface area contributed by atoms with E-state index in [1.165, 1.54) is 24.3 Å². The first kappa shape index (κ1) is 15.4. The lowest BCUT2D eigenvalue weighted by Gasteiger charge is -2.18. The van der Waals surface area contributed by atoms with Gasteiger partial charge in [0.25, 0.3) is 5.91 Å². The van der Waals surface area contributed by atoms with E-state index in [9.17, 15) is 9.18 Å². The fourth-order valence-electron chi connectivity index (χ4n) is 1.52. The number of rotatable bonds is 7. The van der Waals surface area contributed by atoms with Crippen LogP contribution in [-0.4, -0.2) is 44.1 Å². The zero-order chi connectivity index (χ0) is 14.3. The molecule has 0 unspecified atom stereocenters. The summed E-state index contributed by atoms with van der Waals surface area (Å²) in [5.74, 6) is 0.0283. The van der Waals surface area contributed by atoms with Crippen LogP contribution in [0.3, 0.4) is 0 Å². The lowest BCUT2D eigenvalue weighted by Crippen LogP contribution is -2.40. The molecule has 0 fully saturated rings. The normalized spacial score (nSPS) is 12.3. The first-order valence-corrected chi connectivity index (χ1v) is 6.37. The Morgan fingerprint density at radius 3 is 2.53 bits per heavy atom. The van der Waals surface area contributed by atoms with Gasteiger partial charge in [0.05, 0.1) is 0 Å². The maximum atomic E-state index is 12.8. The molecule has 0 spiro atoms. The van der Waals surface area contributed by atoms with E-state index < -0.39 is 6.10 Å². The molecule has 1 aromatic carbocycles. The molecular weight excluding hydrogens is 247 g/mol. The summed E-state index contributed by atoms with van der Waals surface area (Å²) < 4.78 is 18.3. The molecule has 0 aliphatic carbocycles. The van der Waals surface area contributed by atoms with Crippen LogP contribution in [0.1, 0.15) is 13.3 Å². The van der Waals surface area contributed by atoms with Crippen LogP contribution in [-0.2, 0) is 4.79 Å². The molecule has 0 bridgehead atoms. The summed E-state index contributed by atoms with van der Waals surface area (Å²) in [6, 6.07) is 5.66. The number of carbonyl (C=O) groups excluding carboxylic acids is 1. The van der Waals surface area contributed by atoms with E-state index >= 15 is 0 Å². The van der Waals surface area contributed by atoms with Gasteiger partial charge < -0.3 is 15.0 Å². The lowest BCUT2D eigenvalue weighted by atomic mass is 10.2. The number of hydrogen-bond acceptors (Lipinski definition) is 3. The number of benzene rings is 1. The second kappa shape index (κ2) is 7.74. The quantitative estimate of drug-likeness (QED) is 0.817. The Bertz CT molecular complexity index is 393. The van der Waals surface area contributed by atoms with Crippen LogP contribution in [0.25, 0.3) is 0 Å². The molecule has 0 saturated heterocycles. The summed E-state index contributed by atoms with van der Waals surface area (Å²) in [4.78, 5) is 13.9. The van der Waals surface area contributed by atoms with Crippen LogP contribution in [0.15, 0.2) is 24.3 Å². The van der Waals surface area contributed by atoms with Crippen LogP contribution in [0.2, 0.25) is 0 Å². The monoisotopic (exact) mass is 268 g/mol. The maximum absolute atomic E-state index is 12.8. The van der Waals surface area contributed by atoms with Crippen molar-refractivity contribution in [3.05, 3.63) is 30.1 Å². The van der Waals surface area contributed by atoms with Crippen LogP contribution in [0.4, 0.5) is 4.39 Å². The molecule has 0 aromatic heterocycles. The highest BCUT2D eigenvalue weighted by atomic mass is 19.1. The molecule has 19 heavy (non-hydrogen) atoms. The highest BCUT2D eigenvalue weighted by Gasteiger charge is 2.17. The molecule has 106 valence electrons. The topological polar surface area (TPSA) is 41.6 Å². The number of likely N-dealkylation sites (N-methyl/N-ethyl adjacent to an activating group) is 1. The van der Waals surface area contributed by atoms with Crippen LogP contribution >= 0.6 is 0 Å². The van der Waals surface area contributed by atoms with E-state index in [1.807, 2.05) is 25.9 Å². The lowest BCUT2D eigenvalue weighted by molar-refractivity contribution is -0.128. The molecule has 0 heterocycles. The first-order valence-electron chi connectivity index (χ1n) is 6.37. The number of halogens is 1. The predicted octanol–water partition coefficient (Wildman–Crippen LogP) is 1.66. The van der Waals surface area contributed by atoms with Crippen molar-refractivity contribution >= 4 is 5.91 Å². The summed E-state index contributed by atoms with van der Waals surface area (Å²) in [5, 5.41) is 2.82. The number of nitrogens with zero attached hydrogens (tertiary/aromatic N) is 1. The van der Waals surface area contributed by atoms with Crippen molar-refractivity contribution in [2.24, 2.45) is 0 Å². The van der Waals surface area contributed by atoms with Gasteiger partial charge in [0.1, 0.15) is 11.6 Å². The van der Waals surface area contributed by atoms with Gasteiger partial charge in [0.2, 0.25) is 0 Å². The second-order valence-electron chi connectivity index (χ2n) is 4.56. The first-order chi connectivity index (χ1) is 9.02. The Morgan fingerprint density at radius 1 is 1.37 bits per heavy atom. The summed E-state index contributed by atoms with van der Waals surface area (Å²) in [5.41, 5.74) is 0. The second-order valence-corrected chi connectivity index (χ2v) is 4.56. The Labute approximate surface area is 113 Å². The molecule has 1 N–H and O–H groups in total. The van der Waals surface area contributed by atoms with Crippen LogP contribution in [0, 0.1) is 5.82 Å². The van der Waals surface area contributed by atoms with Gasteiger partial charge >= 0.3 is 0 Å². The third-order valence-electron chi connectivity index (χ3n) is 2.61. The number of hydrogen-bond donors (Lipinski definition) is 1. The van der Waals surface area contributed by atoms with E-state index in [1.54, 1.807) is 0 Å². The SMILES string of the molecule is CC[C@H](Oc1ccc(F)cc1)C(=O)NCCN(C)C. The van der Waals surface area contributed by atoms with Crippen molar-refractivity contribution < 1.29 is 13.9 Å². The van der Waals surface area contributed by atoms with Crippen molar-refractivity contribution in [1.29, 1.82) is 0 Å². The Balaban J connectivity index is 2.48. The minimum absolute atomic E-state index is 0.145. The highest BCUT2D eigenvalue weighted by molar-refractivity contribution is 5.81. The summed E-state index contributed by atoms with van der Waals surface area (Å²) >= 11 is 0.